The highest BCUT2D eigenvalue weighted by molar-refractivity contribution is 5.80. The molecule has 2 saturated heterocycles. The monoisotopic (exact) mass is 392 g/mol. The van der Waals surface area contributed by atoms with Crippen LogP contribution >= 0.6 is 0 Å². The smallest absolute Gasteiger partial charge is 0.248 e. The third-order valence-corrected chi connectivity index (χ3v) is 5.38. The van der Waals surface area contributed by atoms with Crippen molar-refractivity contribution in [1.29, 1.82) is 0 Å². The van der Waals surface area contributed by atoms with Gasteiger partial charge in [0.15, 0.2) is 0 Å². The molecule has 1 amide bonds. The van der Waals surface area contributed by atoms with E-state index in [1.807, 2.05) is 12.1 Å². The minimum absolute atomic E-state index is 0.0871. The molecule has 0 saturated carbocycles. The molecular formula is C21H32N2O5. The van der Waals surface area contributed by atoms with Gasteiger partial charge in [-0.25, -0.2) is 0 Å². The van der Waals surface area contributed by atoms with Crippen LogP contribution in [-0.2, 0) is 19.0 Å². The molecule has 0 unspecified atom stereocenters. The summed E-state index contributed by atoms with van der Waals surface area (Å²) in [5, 5.41) is 3.06. The van der Waals surface area contributed by atoms with Gasteiger partial charge in [0.2, 0.25) is 5.91 Å². The predicted octanol–water partition coefficient (Wildman–Crippen LogP) is 1.77. The number of carbonyl (C=O) groups excluding carboxylic acids is 1. The molecular weight excluding hydrogens is 360 g/mol. The minimum atomic E-state index is -0.495. The Balaban J connectivity index is 1.55. The van der Waals surface area contributed by atoms with Crippen LogP contribution in [0.15, 0.2) is 24.3 Å². The van der Waals surface area contributed by atoms with Crippen molar-refractivity contribution >= 4 is 5.91 Å². The second-order valence-corrected chi connectivity index (χ2v) is 7.29. The molecule has 0 aliphatic carbocycles. The first-order valence-electron chi connectivity index (χ1n) is 10.1. The highest BCUT2D eigenvalue weighted by atomic mass is 16.5. The number of hydrogen-bond acceptors (Lipinski definition) is 6. The van der Waals surface area contributed by atoms with Gasteiger partial charge < -0.3 is 24.3 Å². The van der Waals surface area contributed by atoms with E-state index in [9.17, 15) is 4.79 Å². The average molecular weight is 392 g/mol. The largest absolute Gasteiger partial charge is 0.497 e. The number of morpholine rings is 1. The molecule has 28 heavy (non-hydrogen) atoms. The van der Waals surface area contributed by atoms with Crippen LogP contribution in [0.2, 0.25) is 0 Å². The quantitative estimate of drug-likeness (QED) is 0.691. The first kappa shape index (κ1) is 21.0. The van der Waals surface area contributed by atoms with Gasteiger partial charge in [0.1, 0.15) is 11.9 Å². The number of benzene rings is 1. The zero-order valence-corrected chi connectivity index (χ0v) is 16.9. The fourth-order valence-electron chi connectivity index (χ4n) is 3.62. The van der Waals surface area contributed by atoms with Crippen LogP contribution in [-0.4, -0.2) is 76.2 Å². The normalized spacial score (nSPS) is 22.6. The van der Waals surface area contributed by atoms with Gasteiger partial charge in [-0.1, -0.05) is 12.1 Å². The maximum absolute atomic E-state index is 12.5. The highest BCUT2D eigenvalue weighted by Gasteiger charge is 2.25. The summed E-state index contributed by atoms with van der Waals surface area (Å²) < 4.78 is 22.0. The second-order valence-electron chi connectivity index (χ2n) is 7.29. The number of amides is 1. The molecule has 2 aliphatic heterocycles. The Kier molecular flexibility index (Phi) is 8.09. The van der Waals surface area contributed by atoms with E-state index in [1.54, 1.807) is 14.0 Å². The number of carbonyl (C=O) groups is 1. The SMILES string of the molecule is COc1ccc([C@H](CNC(=O)[C@H](C)OC[C@@H]2CCCO2)N2CCOCC2)cc1. The molecule has 7 nitrogen and oxygen atoms in total. The van der Waals surface area contributed by atoms with Crippen molar-refractivity contribution in [1.82, 2.24) is 10.2 Å². The summed E-state index contributed by atoms with van der Waals surface area (Å²) >= 11 is 0. The summed E-state index contributed by atoms with van der Waals surface area (Å²) in [7, 11) is 1.66. The Morgan fingerprint density at radius 3 is 2.64 bits per heavy atom. The number of ether oxygens (including phenoxy) is 4. The number of methoxy groups -OCH3 is 1. The molecule has 0 radical (unpaired) electrons. The van der Waals surface area contributed by atoms with E-state index < -0.39 is 6.10 Å². The van der Waals surface area contributed by atoms with E-state index >= 15 is 0 Å². The van der Waals surface area contributed by atoms with E-state index in [-0.39, 0.29) is 18.1 Å². The number of rotatable bonds is 9. The van der Waals surface area contributed by atoms with Crippen molar-refractivity contribution in [3.05, 3.63) is 29.8 Å². The van der Waals surface area contributed by atoms with Crippen LogP contribution in [0.4, 0.5) is 0 Å². The summed E-state index contributed by atoms with van der Waals surface area (Å²) in [5.74, 6) is 0.731. The van der Waals surface area contributed by atoms with Gasteiger partial charge in [0.05, 0.1) is 39.1 Å². The van der Waals surface area contributed by atoms with E-state index in [2.05, 4.69) is 22.3 Å². The lowest BCUT2D eigenvalue weighted by molar-refractivity contribution is -0.134. The number of nitrogens with one attached hydrogen (secondary N) is 1. The van der Waals surface area contributed by atoms with Gasteiger partial charge in [-0.2, -0.15) is 0 Å². The standard InChI is InChI=1S/C21H32N2O5/c1-16(28-15-19-4-3-11-27-19)21(24)22-14-20(23-9-12-26-13-10-23)17-5-7-18(25-2)8-6-17/h5-8,16,19-20H,3-4,9-15H2,1-2H3,(H,22,24)/t16-,19-,20-/m0/s1. The molecule has 0 aromatic heterocycles. The second kappa shape index (κ2) is 10.8. The first-order chi connectivity index (χ1) is 13.7. The Morgan fingerprint density at radius 2 is 2.00 bits per heavy atom. The molecule has 3 atom stereocenters. The van der Waals surface area contributed by atoms with Gasteiger partial charge in [0, 0.05) is 26.2 Å². The topological polar surface area (TPSA) is 69.3 Å². The lowest BCUT2D eigenvalue weighted by Gasteiger charge is -2.35. The van der Waals surface area contributed by atoms with Crippen LogP contribution in [0, 0.1) is 0 Å². The van der Waals surface area contributed by atoms with Crippen molar-refractivity contribution in [2.45, 2.75) is 38.0 Å². The summed E-state index contributed by atoms with van der Waals surface area (Å²) in [6.07, 6.45) is 1.70. The Hall–Kier alpha value is -1.67. The first-order valence-corrected chi connectivity index (χ1v) is 10.1. The van der Waals surface area contributed by atoms with Crippen LogP contribution in [0.5, 0.6) is 5.75 Å². The molecule has 156 valence electrons. The predicted molar refractivity (Wildman–Crippen MR) is 106 cm³/mol. The Morgan fingerprint density at radius 1 is 1.25 bits per heavy atom. The van der Waals surface area contributed by atoms with Gasteiger partial charge in [-0.15, -0.1) is 0 Å². The molecule has 1 N–H and O–H groups in total. The van der Waals surface area contributed by atoms with Gasteiger partial charge >= 0.3 is 0 Å². The molecule has 3 rings (SSSR count). The van der Waals surface area contributed by atoms with E-state index in [0.29, 0.717) is 26.4 Å². The summed E-state index contributed by atoms with van der Waals surface area (Å²) in [6, 6.07) is 8.12. The minimum Gasteiger partial charge on any atom is -0.497 e. The van der Waals surface area contributed by atoms with Crippen molar-refractivity contribution < 1.29 is 23.7 Å². The Bertz CT molecular complexity index is 597. The number of hydrogen-bond donors (Lipinski definition) is 1. The van der Waals surface area contributed by atoms with Crippen molar-refractivity contribution in [3.63, 3.8) is 0 Å². The molecule has 0 bridgehead atoms. The lowest BCUT2D eigenvalue weighted by atomic mass is 10.0. The van der Waals surface area contributed by atoms with Crippen molar-refractivity contribution in [2.75, 3.05) is 53.2 Å². The summed E-state index contributed by atoms with van der Waals surface area (Å²) in [5.41, 5.74) is 1.15. The van der Waals surface area contributed by atoms with Gasteiger partial charge in [-0.05, 0) is 37.5 Å². The third-order valence-electron chi connectivity index (χ3n) is 5.38. The maximum Gasteiger partial charge on any atom is 0.248 e. The molecule has 1 aromatic carbocycles. The van der Waals surface area contributed by atoms with Crippen LogP contribution in [0.3, 0.4) is 0 Å². The van der Waals surface area contributed by atoms with Gasteiger partial charge in [-0.3, -0.25) is 9.69 Å². The lowest BCUT2D eigenvalue weighted by Crippen LogP contribution is -2.45. The molecule has 2 fully saturated rings. The molecule has 1 aromatic rings. The maximum atomic E-state index is 12.5. The van der Waals surface area contributed by atoms with Crippen LogP contribution in [0.1, 0.15) is 31.4 Å². The Labute approximate surface area is 167 Å². The summed E-state index contributed by atoms with van der Waals surface area (Å²) in [6.45, 7) is 6.69. The molecule has 2 aliphatic rings. The average Bonchev–Trinajstić information content (AvgIpc) is 3.27. The van der Waals surface area contributed by atoms with Gasteiger partial charge in [0.25, 0.3) is 0 Å². The molecule has 2 heterocycles. The van der Waals surface area contributed by atoms with E-state index in [4.69, 9.17) is 18.9 Å². The zero-order chi connectivity index (χ0) is 19.8. The highest BCUT2D eigenvalue weighted by Crippen LogP contribution is 2.23. The van der Waals surface area contributed by atoms with Crippen molar-refractivity contribution in [2.24, 2.45) is 0 Å². The van der Waals surface area contributed by atoms with E-state index in [1.165, 1.54) is 0 Å². The van der Waals surface area contributed by atoms with Crippen LogP contribution < -0.4 is 10.1 Å². The zero-order valence-electron chi connectivity index (χ0n) is 16.9. The third kappa shape index (κ3) is 5.91. The van der Waals surface area contributed by atoms with Crippen LogP contribution in [0.25, 0.3) is 0 Å². The molecule has 0 spiro atoms. The number of nitrogens with zero attached hydrogens (tertiary/aromatic N) is 1. The molecule has 7 heteroatoms. The fourth-order valence-corrected chi connectivity index (χ4v) is 3.62. The van der Waals surface area contributed by atoms with E-state index in [0.717, 1.165) is 43.9 Å². The van der Waals surface area contributed by atoms with Crippen molar-refractivity contribution in [3.8, 4) is 5.75 Å². The summed E-state index contributed by atoms with van der Waals surface area (Å²) in [4.78, 5) is 14.9. The fraction of sp³-hybridized carbons (Fsp3) is 0.667.